The van der Waals surface area contributed by atoms with Gasteiger partial charge in [0.15, 0.2) is 0 Å². The topological polar surface area (TPSA) is 90.0 Å². The van der Waals surface area contributed by atoms with Crippen LogP contribution < -0.4 is 5.32 Å². The van der Waals surface area contributed by atoms with E-state index in [4.69, 9.17) is 0 Å². The fourth-order valence-electron chi connectivity index (χ4n) is 3.35. The maximum atomic E-state index is 13.2. The molecule has 0 rings (SSSR count). The third kappa shape index (κ3) is 7.48. The molecule has 3 atom stereocenters. The summed E-state index contributed by atoms with van der Waals surface area (Å²) in [7, 11) is 4.89. The maximum absolute atomic E-state index is 13.2. The van der Waals surface area contributed by atoms with Crippen LogP contribution in [0.1, 0.15) is 54.4 Å². The van der Waals surface area contributed by atoms with Gasteiger partial charge in [-0.05, 0) is 37.6 Å². The van der Waals surface area contributed by atoms with Crippen molar-refractivity contribution in [3.8, 4) is 0 Å². The highest BCUT2D eigenvalue weighted by Gasteiger charge is 2.37. The van der Waals surface area contributed by atoms with E-state index in [0.717, 1.165) is 0 Å². The fourth-order valence-corrected chi connectivity index (χ4v) is 3.35. The molecule has 0 aliphatic rings. The first-order valence-corrected chi connectivity index (χ1v) is 9.78. The lowest BCUT2D eigenvalue weighted by molar-refractivity contribution is -0.155. The van der Waals surface area contributed by atoms with Gasteiger partial charge in [0.2, 0.25) is 11.8 Å². The van der Waals surface area contributed by atoms with Gasteiger partial charge in [0.25, 0.3) is 0 Å². The molecule has 3 unspecified atom stereocenters. The summed E-state index contributed by atoms with van der Waals surface area (Å²) in [6.07, 6.45) is 1.15. The molecule has 158 valence electrons. The summed E-state index contributed by atoms with van der Waals surface area (Å²) in [4.78, 5) is 40.5. The molecular formula is C20H39N3O4. The van der Waals surface area contributed by atoms with Crippen molar-refractivity contribution in [1.29, 1.82) is 0 Å². The van der Waals surface area contributed by atoms with Crippen molar-refractivity contribution < 1.29 is 19.5 Å². The van der Waals surface area contributed by atoms with Crippen molar-refractivity contribution in [3.05, 3.63) is 0 Å². The number of carboxylic acid groups (broad SMARTS) is 1. The van der Waals surface area contributed by atoms with Gasteiger partial charge in [0.1, 0.15) is 12.1 Å². The largest absolute Gasteiger partial charge is 0.480 e. The van der Waals surface area contributed by atoms with E-state index < -0.39 is 18.1 Å². The van der Waals surface area contributed by atoms with Crippen LogP contribution in [0.25, 0.3) is 0 Å². The molecule has 0 aliphatic heterocycles. The van der Waals surface area contributed by atoms with Gasteiger partial charge in [-0.2, -0.15) is 0 Å². The predicted octanol–water partition coefficient (Wildman–Crippen LogP) is 2.06. The SMILES string of the molecule is CNC(CC(C)C)C(=O)N(C)C(CC(C)C)C(=O)N(C)C(C(=O)O)C(C)C. The van der Waals surface area contributed by atoms with Crippen molar-refractivity contribution in [2.75, 3.05) is 21.1 Å². The van der Waals surface area contributed by atoms with Gasteiger partial charge in [-0.1, -0.05) is 41.5 Å². The number of hydrogen-bond acceptors (Lipinski definition) is 4. The van der Waals surface area contributed by atoms with Crippen LogP contribution in [0.3, 0.4) is 0 Å². The Morgan fingerprint density at radius 1 is 0.852 bits per heavy atom. The van der Waals surface area contributed by atoms with E-state index >= 15 is 0 Å². The van der Waals surface area contributed by atoms with Gasteiger partial charge in [-0.15, -0.1) is 0 Å². The summed E-state index contributed by atoms with van der Waals surface area (Å²) in [5, 5.41) is 12.6. The minimum absolute atomic E-state index is 0.143. The summed E-state index contributed by atoms with van der Waals surface area (Å²) in [6, 6.07) is -1.99. The third-order valence-corrected chi connectivity index (χ3v) is 4.80. The van der Waals surface area contributed by atoms with Crippen LogP contribution in [0, 0.1) is 17.8 Å². The number of carboxylic acids is 1. The molecule has 7 heteroatoms. The Hall–Kier alpha value is -1.63. The highest BCUT2D eigenvalue weighted by Crippen LogP contribution is 2.19. The Morgan fingerprint density at radius 2 is 1.33 bits per heavy atom. The Bertz CT molecular complexity index is 505. The molecule has 2 N–H and O–H groups in total. The molecule has 0 saturated carbocycles. The molecule has 0 heterocycles. The van der Waals surface area contributed by atoms with Crippen LogP contribution in [0.4, 0.5) is 0 Å². The van der Waals surface area contributed by atoms with Crippen molar-refractivity contribution in [1.82, 2.24) is 15.1 Å². The minimum atomic E-state index is -1.04. The number of carbonyl (C=O) groups excluding carboxylic acids is 2. The Labute approximate surface area is 164 Å². The lowest BCUT2D eigenvalue weighted by Gasteiger charge is -2.36. The van der Waals surface area contributed by atoms with Crippen LogP contribution in [0.5, 0.6) is 0 Å². The van der Waals surface area contributed by atoms with Gasteiger partial charge < -0.3 is 20.2 Å². The average molecular weight is 386 g/mol. The van der Waals surface area contributed by atoms with Gasteiger partial charge in [0.05, 0.1) is 6.04 Å². The van der Waals surface area contributed by atoms with E-state index in [2.05, 4.69) is 5.32 Å². The molecule has 7 nitrogen and oxygen atoms in total. The highest BCUT2D eigenvalue weighted by atomic mass is 16.4. The first-order chi connectivity index (χ1) is 12.3. The summed E-state index contributed by atoms with van der Waals surface area (Å²) >= 11 is 0. The van der Waals surface area contributed by atoms with Crippen LogP contribution in [-0.2, 0) is 14.4 Å². The molecule has 0 fully saturated rings. The smallest absolute Gasteiger partial charge is 0.326 e. The molecule has 0 aromatic carbocycles. The van der Waals surface area contributed by atoms with Crippen LogP contribution >= 0.6 is 0 Å². The fraction of sp³-hybridized carbons (Fsp3) is 0.850. The van der Waals surface area contributed by atoms with Gasteiger partial charge in [0, 0.05) is 14.1 Å². The highest BCUT2D eigenvalue weighted by molar-refractivity contribution is 5.91. The summed E-state index contributed by atoms with van der Waals surface area (Å²) in [5.41, 5.74) is 0. The minimum Gasteiger partial charge on any atom is -0.480 e. The van der Waals surface area contributed by atoms with E-state index in [-0.39, 0.29) is 29.7 Å². The lowest BCUT2D eigenvalue weighted by atomic mass is 9.97. The van der Waals surface area contributed by atoms with Crippen molar-refractivity contribution >= 4 is 17.8 Å². The molecule has 0 aromatic rings. The molecular weight excluding hydrogens is 346 g/mol. The number of likely N-dealkylation sites (N-methyl/N-ethyl adjacent to an activating group) is 3. The van der Waals surface area contributed by atoms with Crippen molar-refractivity contribution in [2.45, 2.75) is 72.5 Å². The third-order valence-electron chi connectivity index (χ3n) is 4.80. The second-order valence-electron chi connectivity index (χ2n) is 8.54. The summed E-state index contributed by atoms with van der Waals surface area (Å²) in [5.74, 6) is -1.23. The monoisotopic (exact) mass is 385 g/mol. The van der Waals surface area contributed by atoms with E-state index in [1.165, 1.54) is 16.8 Å². The summed E-state index contributed by atoms with van der Waals surface area (Å²) in [6.45, 7) is 11.6. The van der Waals surface area contributed by atoms with Crippen LogP contribution in [-0.4, -0.2) is 72.0 Å². The molecule has 0 saturated heterocycles. The zero-order chi connectivity index (χ0) is 21.5. The van der Waals surface area contributed by atoms with Crippen LogP contribution in [0.2, 0.25) is 0 Å². The second kappa shape index (κ2) is 11.3. The number of nitrogens with zero attached hydrogens (tertiary/aromatic N) is 2. The van der Waals surface area contributed by atoms with Gasteiger partial charge >= 0.3 is 5.97 Å². The number of carbonyl (C=O) groups is 3. The van der Waals surface area contributed by atoms with E-state index in [0.29, 0.717) is 18.8 Å². The maximum Gasteiger partial charge on any atom is 0.326 e. The van der Waals surface area contributed by atoms with Crippen molar-refractivity contribution in [2.24, 2.45) is 17.8 Å². The first kappa shape index (κ1) is 25.4. The molecule has 0 aromatic heterocycles. The zero-order valence-electron chi connectivity index (χ0n) is 18.4. The number of rotatable bonds is 11. The molecule has 27 heavy (non-hydrogen) atoms. The molecule has 0 aliphatic carbocycles. The molecule has 2 amide bonds. The Balaban J connectivity index is 5.66. The van der Waals surface area contributed by atoms with E-state index in [9.17, 15) is 19.5 Å². The lowest BCUT2D eigenvalue weighted by Crippen LogP contribution is -2.57. The number of nitrogens with one attached hydrogen (secondary N) is 1. The zero-order valence-corrected chi connectivity index (χ0v) is 18.4. The molecule has 0 spiro atoms. The normalized spacial score (nSPS) is 15.0. The predicted molar refractivity (Wildman–Crippen MR) is 107 cm³/mol. The molecule has 0 bridgehead atoms. The van der Waals surface area contributed by atoms with E-state index in [1.54, 1.807) is 27.9 Å². The van der Waals surface area contributed by atoms with Crippen molar-refractivity contribution in [3.63, 3.8) is 0 Å². The average Bonchev–Trinajstić information content (AvgIpc) is 2.54. The van der Waals surface area contributed by atoms with E-state index in [1.807, 2.05) is 27.7 Å². The Kier molecular flexibility index (Phi) is 10.6. The Morgan fingerprint density at radius 3 is 1.67 bits per heavy atom. The second-order valence-corrected chi connectivity index (χ2v) is 8.54. The quantitative estimate of drug-likeness (QED) is 0.568. The van der Waals surface area contributed by atoms with Gasteiger partial charge in [-0.3, -0.25) is 9.59 Å². The van der Waals surface area contributed by atoms with Gasteiger partial charge in [-0.25, -0.2) is 4.79 Å². The number of aliphatic carboxylic acids is 1. The van der Waals surface area contributed by atoms with Crippen LogP contribution in [0.15, 0.2) is 0 Å². The number of hydrogen-bond donors (Lipinski definition) is 2. The standard InChI is InChI=1S/C20H39N3O4/c1-12(2)10-15(21-7)18(24)22(8)16(11-13(3)4)19(25)23(9)17(14(5)6)20(26)27/h12-17,21H,10-11H2,1-9H3,(H,26,27). The first-order valence-electron chi connectivity index (χ1n) is 9.78. The summed E-state index contributed by atoms with van der Waals surface area (Å²) < 4.78 is 0. The number of amides is 2. The molecule has 0 radical (unpaired) electrons.